The highest BCUT2D eigenvalue weighted by atomic mass is 16.7. The van der Waals surface area contributed by atoms with E-state index >= 15 is 0 Å². The Morgan fingerprint density at radius 3 is 1.75 bits per heavy atom. The average molecular weight is 338 g/mol. The number of hydrogen-bond donors (Lipinski definition) is 0. The van der Waals surface area contributed by atoms with Crippen LogP contribution < -0.4 is 0 Å². The Labute approximate surface area is 147 Å². The molecule has 4 heteroatoms. The van der Waals surface area contributed by atoms with Gasteiger partial charge in [-0.15, -0.1) is 0 Å². The third kappa shape index (κ3) is 16.8. The zero-order chi connectivity index (χ0) is 18.0. The topological polar surface area (TPSA) is 52.6 Å². The monoisotopic (exact) mass is 338 g/mol. The van der Waals surface area contributed by atoms with Crippen LogP contribution in [-0.2, 0) is 19.1 Å². The zero-order valence-electron chi connectivity index (χ0n) is 15.4. The molecule has 0 aliphatic carbocycles. The summed E-state index contributed by atoms with van der Waals surface area (Å²) in [6, 6.07) is 0. The molecule has 0 aliphatic rings. The van der Waals surface area contributed by atoms with Gasteiger partial charge in [0, 0.05) is 20.3 Å². The molecule has 0 aromatic heterocycles. The van der Waals surface area contributed by atoms with Crippen molar-refractivity contribution in [3.8, 4) is 0 Å². The standard InChI is InChI=1S/C20H34O4/c1-4-5-6-7-8-9-10-11-12-13-14-15-16-17-20(23-18(2)21)24-19(3)22/h4-6,20H,1,7-17H2,2-3H3/b6-5+. The zero-order valence-corrected chi connectivity index (χ0v) is 15.4. The minimum atomic E-state index is -0.727. The summed E-state index contributed by atoms with van der Waals surface area (Å²) in [6.45, 7) is 6.30. The van der Waals surface area contributed by atoms with Gasteiger partial charge in [0.1, 0.15) is 0 Å². The lowest BCUT2D eigenvalue weighted by atomic mass is 10.1. The fourth-order valence-corrected chi connectivity index (χ4v) is 2.52. The van der Waals surface area contributed by atoms with Crippen LogP contribution in [0, 0.1) is 0 Å². The summed E-state index contributed by atoms with van der Waals surface area (Å²) < 4.78 is 9.95. The van der Waals surface area contributed by atoms with E-state index in [4.69, 9.17) is 9.47 Å². The normalized spacial score (nSPS) is 11.0. The third-order valence-corrected chi connectivity index (χ3v) is 3.68. The van der Waals surface area contributed by atoms with Crippen molar-refractivity contribution in [1.29, 1.82) is 0 Å². The van der Waals surface area contributed by atoms with Gasteiger partial charge in [-0.2, -0.15) is 0 Å². The van der Waals surface area contributed by atoms with Gasteiger partial charge in [-0.25, -0.2) is 0 Å². The number of carbonyl (C=O) groups is 2. The average Bonchev–Trinajstić information content (AvgIpc) is 2.50. The minimum Gasteiger partial charge on any atom is -0.425 e. The van der Waals surface area contributed by atoms with Crippen molar-refractivity contribution >= 4 is 11.9 Å². The van der Waals surface area contributed by atoms with Crippen LogP contribution >= 0.6 is 0 Å². The second-order valence-electron chi connectivity index (χ2n) is 6.07. The Morgan fingerprint density at radius 1 is 0.833 bits per heavy atom. The van der Waals surface area contributed by atoms with Gasteiger partial charge in [-0.05, 0) is 19.3 Å². The molecule has 24 heavy (non-hydrogen) atoms. The highest BCUT2D eigenvalue weighted by molar-refractivity contribution is 5.68. The van der Waals surface area contributed by atoms with Crippen molar-refractivity contribution in [3.05, 3.63) is 24.8 Å². The van der Waals surface area contributed by atoms with Gasteiger partial charge in [-0.1, -0.05) is 69.8 Å². The second kappa shape index (κ2) is 16.3. The molecule has 0 aromatic carbocycles. The number of ether oxygens (including phenoxy) is 2. The van der Waals surface area contributed by atoms with Crippen molar-refractivity contribution in [2.75, 3.05) is 0 Å². The van der Waals surface area contributed by atoms with Crippen LogP contribution in [0.4, 0.5) is 0 Å². The third-order valence-electron chi connectivity index (χ3n) is 3.68. The Hall–Kier alpha value is -1.58. The largest absolute Gasteiger partial charge is 0.425 e. The number of hydrogen-bond acceptors (Lipinski definition) is 4. The molecule has 0 rings (SSSR count). The molecular weight excluding hydrogens is 304 g/mol. The molecule has 0 aromatic rings. The van der Waals surface area contributed by atoms with Crippen LogP contribution in [0.3, 0.4) is 0 Å². The molecule has 0 radical (unpaired) electrons. The van der Waals surface area contributed by atoms with Crippen molar-refractivity contribution in [2.24, 2.45) is 0 Å². The molecule has 0 N–H and O–H groups in total. The molecular formula is C20H34O4. The maximum Gasteiger partial charge on any atom is 0.305 e. The summed E-state index contributed by atoms with van der Waals surface area (Å²) in [7, 11) is 0. The number of allylic oxidation sites excluding steroid dienone is 3. The predicted molar refractivity (Wildman–Crippen MR) is 97.4 cm³/mol. The van der Waals surface area contributed by atoms with Gasteiger partial charge in [-0.3, -0.25) is 9.59 Å². The van der Waals surface area contributed by atoms with Crippen molar-refractivity contribution in [3.63, 3.8) is 0 Å². The lowest BCUT2D eigenvalue weighted by Gasteiger charge is -2.16. The molecule has 0 fully saturated rings. The van der Waals surface area contributed by atoms with Gasteiger partial charge in [0.05, 0.1) is 0 Å². The highest BCUT2D eigenvalue weighted by Gasteiger charge is 2.14. The lowest BCUT2D eigenvalue weighted by Crippen LogP contribution is -2.22. The van der Waals surface area contributed by atoms with Gasteiger partial charge in [0.25, 0.3) is 0 Å². The van der Waals surface area contributed by atoms with Crippen molar-refractivity contribution in [2.45, 2.75) is 90.8 Å². The van der Waals surface area contributed by atoms with E-state index < -0.39 is 18.2 Å². The van der Waals surface area contributed by atoms with Crippen LogP contribution in [-0.4, -0.2) is 18.2 Å². The summed E-state index contributed by atoms with van der Waals surface area (Å²) >= 11 is 0. The van der Waals surface area contributed by atoms with E-state index in [0.717, 1.165) is 19.3 Å². The summed E-state index contributed by atoms with van der Waals surface area (Å²) in [5.74, 6) is -0.831. The van der Waals surface area contributed by atoms with Crippen LogP contribution in [0.15, 0.2) is 24.8 Å². The first-order valence-corrected chi connectivity index (χ1v) is 9.18. The van der Waals surface area contributed by atoms with E-state index in [1.165, 1.54) is 58.8 Å². The molecule has 0 spiro atoms. The number of rotatable bonds is 15. The van der Waals surface area contributed by atoms with E-state index in [2.05, 4.69) is 12.7 Å². The Kier molecular flexibility index (Phi) is 15.2. The smallest absolute Gasteiger partial charge is 0.305 e. The van der Waals surface area contributed by atoms with Crippen molar-refractivity contribution < 1.29 is 19.1 Å². The summed E-state index contributed by atoms with van der Waals surface area (Å²) in [4.78, 5) is 21.9. The quantitative estimate of drug-likeness (QED) is 0.172. The first kappa shape index (κ1) is 22.4. The number of carbonyl (C=O) groups excluding carboxylic acids is 2. The molecule has 0 heterocycles. The maximum absolute atomic E-state index is 10.9. The molecule has 0 atom stereocenters. The van der Waals surface area contributed by atoms with Crippen LogP contribution in [0.5, 0.6) is 0 Å². The summed E-state index contributed by atoms with van der Waals surface area (Å²) in [5.41, 5.74) is 0. The molecule has 0 amide bonds. The molecule has 0 saturated carbocycles. The molecule has 138 valence electrons. The Morgan fingerprint density at radius 2 is 1.29 bits per heavy atom. The van der Waals surface area contributed by atoms with E-state index in [0.29, 0.717) is 6.42 Å². The van der Waals surface area contributed by atoms with E-state index in [-0.39, 0.29) is 0 Å². The first-order valence-electron chi connectivity index (χ1n) is 9.18. The Balaban J connectivity index is 3.44. The molecule has 4 nitrogen and oxygen atoms in total. The van der Waals surface area contributed by atoms with Gasteiger partial charge >= 0.3 is 11.9 Å². The minimum absolute atomic E-state index is 0.416. The fourth-order valence-electron chi connectivity index (χ4n) is 2.52. The molecule has 0 bridgehead atoms. The lowest BCUT2D eigenvalue weighted by molar-refractivity contribution is -0.185. The van der Waals surface area contributed by atoms with E-state index in [9.17, 15) is 9.59 Å². The highest BCUT2D eigenvalue weighted by Crippen LogP contribution is 2.14. The van der Waals surface area contributed by atoms with Crippen LogP contribution in [0.2, 0.25) is 0 Å². The van der Waals surface area contributed by atoms with Gasteiger partial charge in [0.15, 0.2) is 0 Å². The molecule has 0 unspecified atom stereocenters. The number of unbranched alkanes of at least 4 members (excludes halogenated alkanes) is 9. The number of esters is 2. The maximum atomic E-state index is 10.9. The summed E-state index contributed by atoms with van der Waals surface area (Å²) in [6.07, 6.45) is 17.8. The van der Waals surface area contributed by atoms with E-state index in [1.807, 2.05) is 12.2 Å². The first-order chi connectivity index (χ1) is 11.6. The fraction of sp³-hybridized carbons (Fsp3) is 0.700. The second-order valence-corrected chi connectivity index (χ2v) is 6.07. The molecule has 0 aliphatic heterocycles. The van der Waals surface area contributed by atoms with Crippen LogP contribution in [0.1, 0.15) is 84.5 Å². The van der Waals surface area contributed by atoms with Crippen molar-refractivity contribution in [1.82, 2.24) is 0 Å². The Bertz CT molecular complexity index is 358. The van der Waals surface area contributed by atoms with E-state index in [1.54, 1.807) is 0 Å². The predicted octanol–water partition coefficient (Wildman–Crippen LogP) is 5.47. The van der Waals surface area contributed by atoms with Crippen LogP contribution in [0.25, 0.3) is 0 Å². The van der Waals surface area contributed by atoms with Gasteiger partial charge < -0.3 is 9.47 Å². The van der Waals surface area contributed by atoms with Gasteiger partial charge in [0.2, 0.25) is 6.29 Å². The SMILES string of the molecule is C=C/C=C/CCCCCCCCCCCC(OC(C)=O)OC(C)=O. The molecule has 0 saturated heterocycles. The summed E-state index contributed by atoms with van der Waals surface area (Å²) in [5, 5.41) is 0.